The molecule has 1 aliphatic heterocycles. The number of nitrogens with one attached hydrogen (secondary N) is 1. The predicted molar refractivity (Wildman–Crippen MR) is 101 cm³/mol. The molecule has 140 valence electrons. The van der Waals surface area contributed by atoms with Crippen LogP contribution in [0.25, 0.3) is 17.5 Å². The lowest BCUT2D eigenvalue weighted by Crippen LogP contribution is -2.24. The van der Waals surface area contributed by atoms with Gasteiger partial charge < -0.3 is 9.47 Å². The maximum absolute atomic E-state index is 11.9. The molecule has 2 aromatic carbocycles. The number of carbonyl (C=O) groups is 1. The first-order chi connectivity index (χ1) is 13.8. The summed E-state index contributed by atoms with van der Waals surface area (Å²) in [7, 11) is 0. The Labute approximate surface area is 160 Å². The highest BCUT2D eigenvalue weighted by molar-refractivity contribution is 5.81. The molecule has 9 nitrogen and oxygen atoms in total. The van der Waals surface area contributed by atoms with Crippen LogP contribution in [-0.2, 0) is 11.3 Å². The average Bonchev–Trinajstić information content (AvgIpc) is 3.37. The summed E-state index contributed by atoms with van der Waals surface area (Å²) in [6.07, 6.45) is 5.02. The van der Waals surface area contributed by atoms with E-state index in [1.54, 1.807) is 6.08 Å². The quantitative estimate of drug-likeness (QED) is 0.520. The molecular formula is C19H16N6O3. The average molecular weight is 376 g/mol. The predicted octanol–water partition coefficient (Wildman–Crippen LogP) is 1.88. The van der Waals surface area contributed by atoms with E-state index in [-0.39, 0.29) is 19.2 Å². The van der Waals surface area contributed by atoms with E-state index in [1.165, 1.54) is 11.0 Å². The van der Waals surface area contributed by atoms with Crippen LogP contribution in [0.2, 0.25) is 0 Å². The number of allylic oxidation sites excluding steroid dienone is 1. The number of hydrogen-bond acceptors (Lipinski definition) is 7. The van der Waals surface area contributed by atoms with Gasteiger partial charge in [-0.3, -0.25) is 4.79 Å². The van der Waals surface area contributed by atoms with Crippen LogP contribution in [0.5, 0.6) is 11.5 Å². The first-order valence-corrected chi connectivity index (χ1v) is 8.49. The summed E-state index contributed by atoms with van der Waals surface area (Å²) in [5.74, 6) is 1.55. The number of amides is 1. The van der Waals surface area contributed by atoms with Gasteiger partial charge in [0.2, 0.25) is 12.6 Å². The van der Waals surface area contributed by atoms with Gasteiger partial charge in [0.15, 0.2) is 11.5 Å². The fraction of sp³-hybridized carbons (Fsp3) is 0.105. The number of fused-ring (bicyclic) bond motifs is 1. The van der Waals surface area contributed by atoms with E-state index in [0.29, 0.717) is 11.6 Å². The van der Waals surface area contributed by atoms with E-state index in [4.69, 9.17) is 9.47 Å². The van der Waals surface area contributed by atoms with Crippen LogP contribution < -0.4 is 14.9 Å². The van der Waals surface area contributed by atoms with Gasteiger partial charge >= 0.3 is 0 Å². The Morgan fingerprint density at radius 1 is 1.18 bits per heavy atom. The van der Waals surface area contributed by atoms with E-state index < -0.39 is 0 Å². The molecular weight excluding hydrogens is 360 g/mol. The molecule has 0 fully saturated rings. The fourth-order valence-electron chi connectivity index (χ4n) is 2.50. The normalized spacial score (nSPS) is 12.7. The van der Waals surface area contributed by atoms with E-state index in [9.17, 15) is 4.79 Å². The van der Waals surface area contributed by atoms with Gasteiger partial charge in [-0.2, -0.15) is 9.90 Å². The van der Waals surface area contributed by atoms with Crippen LogP contribution in [0, 0.1) is 0 Å². The van der Waals surface area contributed by atoms with Crippen molar-refractivity contribution < 1.29 is 14.3 Å². The minimum atomic E-state index is -0.357. The van der Waals surface area contributed by atoms with Crippen molar-refractivity contribution in [3.8, 4) is 22.9 Å². The molecule has 1 aromatic heterocycles. The molecule has 1 N–H and O–H groups in total. The summed E-state index contributed by atoms with van der Waals surface area (Å²) in [4.78, 5) is 13.1. The Morgan fingerprint density at radius 3 is 2.93 bits per heavy atom. The topological polar surface area (TPSA) is 104 Å². The number of rotatable bonds is 6. The third-order valence-electron chi connectivity index (χ3n) is 3.81. The molecule has 9 heteroatoms. The van der Waals surface area contributed by atoms with Crippen molar-refractivity contribution in [2.24, 2.45) is 5.10 Å². The van der Waals surface area contributed by atoms with Gasteiger partial charge in [-0.05, 0) is 29.0 Å². The van der Waals surface area contributed by atoms with Crippen LogP contribution in [0.4, 0.5) is 0 Å². The maximum Gasteiger partial charge on any atom is 0.263 e. The van der Waals surface area contributed by atoms with E-state index in [2.05, 4.69) is 25.9 Å². The summed E-state index contributed by atoms with van der Waals surface area (Å²) in [6.45, 7) is 0.159. The van der Waals surface area contributed by atoms with Crippen LogP contribution in [-0.4, -0.2) is 39.1 Å². The number of tetrazole rings is 1. The van der Waals surface area contributed by atoms with Crippen LogP contribution in [0.1, 0.15) is 5.56 Å². The maximum atomic E-state index is 11.9. The Morgan fingerprint density at radius 2 is 2.04 bits per heavy atom. The van der Waals surface area contributed by atoms with Crippen molar-refractivity contribution in [3.63, 3.8) is 0 Å². The molecule has 0 spiro atoms. The second-order valence-corrected chi connectivity index (χ2v) is 5.79. The van der Waals surface area contributed by atoms with Gasteiger partial charge in [0.05, 0.1) is 0 Å². The van der Waals surface area contributed by atoms with Gasteiger partial charge in [-0.15, -0.1) is 10.2 Å². The third kappa shape index (κ3) is 4.21. The molecule has 0 radical (unpaired) electrons. The number of nitrogens with zero attached hydrogens (tertiary/aromatic N) is 5. The van der Waals surface area contributed by atoms with E-state index >= 15 is 0 Å². The lowest BCUT2D eigenvalue weighted by Gasteiger charge is -1.98. The Kier molecular flexibility index (Phi) is 5.05. The zero-order valence-corrected chi connectivity index (χ0v) is 14.7. The molecule has 1 aliphatic rings. The highest BCUT2D eigenvalue weighted by Gasteiger charge is 2.12. The lowest BCUT2D eigenvalue weighted by molar-refractivity contribution is -0.122. The fourth-order valence-corrected chi connectivity index (χ4v) is 2.50. The molecule has 0 atom stereocenters. The molecule has 4 rings (SSSR count). The number of benzene rings is 2. The molecule has 0 saturated carbocycles. The largest absolute Gasteiger partial charge is 0.454 e. The van der Waals surface area contributed by atoms with Crippen LogP contribution in [0.15, 0.2) is 59.7 Å². The summed E-state index contributed by atoms with van der Waals surface area (Å²) < 4.78 is 10.6. The molecule has 0 saturated heterocycles. The lowest BCUT2D eigenvalue weighted by atomic mass is 10.2. The summed E-state index contributed by atoms with van der Waals surface area (Å²) in [6, 6.07) is 15.0. The molecule has 28 heavy (non-hydrogen) atoms. The molecule has 3 aromatic rings. The summed E-state index contributed by atoms with van der Waals surface area (Å²) in [5.41, 5.74) is 4.18. The van der Waals surface area contributed by atoms with Crippen molar-refractivity contribution in [3.05, 3.63) is 60.2 Å². The van der Waals surface area contributed by atoms with Gasteiger partial charge in [0.25, 0.3) is 5.91 Å². The van der Waals surface area contributed by atoms with Gasteiger partial charge in [-0.1, -0.05) is 42.5 Å². The van der Waals surface area contributed by atoms with Crippen molar-refractivity contribution in [1.82, 2.24) is 25.6 Å². The van der Waals surface area contributed by atoms with E-state index in [1.807, 2.05) is 54.6 Å². The van der Waals surface area contributed by atoms with Gasteiger partial charge in [0, 0.05) is 11.8 Å². The minimum Gasteiger partial charge on any atom is -0.454 e. The van der Waals surface area contributed by atoms with E-state index in [0.717, 1.165) is 16.9 Å². The zero-order valence-electron chi connectivity index (χ0n) is 14.7. The number of carbonyl (C=O) groups excluding carboxylic acids is 1. The van der Waals surface area contributed by atoms with Crippen molar-refractivity contribution >= 4 is 18.2 Å². The summed E-state index contributed by atoms with van der Waals surface area (Å²) in [5, 5.41) is 15.9. The van der Waals surface area contributed by atoms with Crippen molar-refractivity contribution in [2.75, 3.05) is 6.79 Å². The number of aromatic nitrogens is 4. The van der Waals surface area contributed by atoms with Crippen molar-refractivity contribution in [1.29, 1.82) is 0 Å². The molecule has 0 bridgehead atoms. The molecule has 1 amide bonds. The van der Waals surface area contributed by atoms with Crippen molar-refractivity contribution in [2.45, 2.75) is 6.54 Å². The minimum absolute atomic E-state index is 0.0803. The second kappa shape index (κ2) is 8.12. The Bertz CT molecular complexity index is 1030. The van der Waals surface area contributed by atoms with Gasteiger partial charge in [0.1, 0.15) is 6.54 Å². The highest BCUT2D eigenvalue weighted by Crippen LogP contribution is 2.32. The molecule has 0 aliphatic carbocycles. The van der Waals surface area contributed by atoms with Crippen LogP contribution >= 0.6 is 0 Å². The zero-order chi connectivity index (χ0) is 19.2. The first-order valence-electron chi connectivity index (χ1n) is 8.49. The number of ether oxygens (including phenoxy) is 2. The van der Waals surface area contributed by atoms with Gasteiger partial charge in [-0.25, -0.2) is 5.43 Å². The molecule has 2 heterocycles. The standard InChI is InChI=1S/C19H16N6O3/c26-18(12-25-23-19(22-24-25)15-6-2-1-3-7-15)21-20-10-4-5-14-8-9-16-17(11-14)28-13-27-16/h1-11H,12-13H2,(H,21,26)/b5-4+,20-10+. The van der Waals surface area contributed by atoms with Crippen LogP contribution in [0.3, 0.4) is 0 Å². The smallest absolute Gasteiger partial charge is 0.263 e. The molecule has 0 unspecified atom stereocenters. The third-order valence-corrected chi connectivity index (χ3v) is 3.81. The second-order valence-electron chi connectivity index (χ2n) is 5.79. The highest BCUT2D eigenvalue weighted by atomic mass is 16.7. The number of hydrogen-bond donors (Lipinski definition) is 1. The number of hydrazone groups is 1. The SMILES string of the molecule is O=C(Cn1nnc(-c2ccccc2)n1)N/N=C/C=C/c1ccc2c(c1)OCO2. The Balaban J connectivity index is 1.27. The Hall–Kier alpha value is -4.01. The monoisotopic (exact) mass is 376 g/mol. The first kappa shape index (κ1) is 17.4. The summed E-state index contributed by atoms with van der Waals surface area (Å²) >= 11 is 0.